The molecule has 1 aromatic heterocycles. The molecule has 4 nitrogen and oxygen atoms in total. The second kappa shape index (κ2) is 5.69. The summed E-state index contributed by atoms with van der Waals surface area (Å²) in [4.78, 5) is 1.57. The van der Waals surface area contributed by atoms with Crippen molar-refractivity contribution in [1.29, 1.82) is 5.26 Å². The van der Waals surface area contributed by atoms with Gasteiger partial charge in [-0.2, -0.15) is 5.26 Å². The third-order valence-corrected chi connectivity index (χ3v) is 3.02. The molecule has 0 aliphatic carbocycles. The average Bonchev–Trinajstić information content (AvgIpc) is 2.75. The minimum Gasteiger partial charge on any atom is -0.370 e. The number of aromatic nitrogens is 1. The van der Waals surface area contributed by atoms with Crippen LogP contribution in [0, 0.1) is 11.3 Å². The monoisotopic (exact) mass is 220 g/mol. The normalized spacial score (nSPS) is 17.2. The average molecular weight is 220 g/mol. The van der Waals surface area contributed by atoms with Crippen molar-refractivity contribution in [2.75, 3.05) is 26.3 Å². The van der Waals surface area contributed by atoms with E-state index in [-0.39, 0.29) is 0 Å². The first-order chi connectivity index (χ1) is 7.90. The van der Waals surface area contributed by atoms with E-state index in [1.54, 1.807) is 4.90 Å². The Morgan fingerprint density at radius 3 is 3.00 bits per heavy atom. The van der Waals surface area contributed by atoms with Crippen molar-refractivity contribution in [3.05, 3.63) is 24.0 Å². The maximum Gasteiger partial charge on any atom is 0.118 e. The summed E-state index contributed by atoms with van der Waals surface area (Å²) < 4.78 is 7.53. The van der Waals surface area contributed by atoms with Crippen LogP contribution in [-0.4, -0.2) is 30.9 Å². The molecule has 0 radical (unpaired) electrons. The highest BCUT2D eigenvalue weighted by Crippen LogP contribution is 2.02. The third kappa shape index (κ3) is 2.84. The lowest BCUT2D eigenvalue weighted by molar-refractivity contribution is -0.921. The molecule has 1 saturated heterocycles. The smallest absolute Gasteiger partial charge is 0.118 e. The molecule has 0 bridgehead atoms. The Bertz CT molecular complexity index is 361. The van der Waals surface area contributed by atoms with Gasteiger partial charge in [0.25, 0.3) is 0 Å². The molecule has 1 aliphatic rings. The molecule has 0 atom stereocenters. The fraction of sp³-hybridized carbons (Fsp3) is 0.583. The van der Waals surface area contributed by atoms with Gasteiger partial charge < -0.3 is 14.2 Å². The topological polar surface area (TPSA) is 42.4 Å². The van der Waals surface area contributed by atoms with Crippen LogP contribution in [0.1, 0.15) is 12.1 Å². The Morgan fingerprint density at radius 1 is 1.44 bits per heavy atom. The summed E-state index contributed by atoms with van der Waals surface area (Å²) >= 11 is 0. The van der Waals surface area contributed by atoms with Gasteiger partial charge in [-0.15, -0.1) is 0 Å². The van der Waals surface area contributed by atoms with Crippen LogP contribution in [0.5, 0.6) is 0 Å². The van der Waals surface area contributed by atoms with Gasteiger partial charge in [0.05, 0.1) is 31.4 Å². The Morgan fingerprint density at radius 2 is 2.25 bits per heavy atom. The Labute approximate surface area is 96.0 Å². The fourth-order valence-corrected chi connectivity index (χ4v) is 2.09. The van der Waals surface area contributed by atoms with Crippen molar-refractivity contribution in [3.8, 4) is 6.07 Å². The summed E-state index contributed by atoms with van der Waals surface area (Å²) in [6.07, 6.45) is 2.65. The number of hydrogen-bond acceptors (Lipinski definition) is 2. The van der Waals surface area contributed by atoms with Crippen molar-refractivity contribution >= 4 is 0 Å². The van der Waals surface area contributed by atoms with Gasteiger partial charge in [-0.25, -0.2) is 0 Å². The predicted octanol–water partition coefficient (Wildman–Crippen LogP) is -0.183. The molecular formula is C12H18N3O+. The molecule has 1 aliphatic heterocycles. The van der Waals surface area contributed by atoms with Gasteiger partial charge in [0, 0.05) is 12.7 Å². The molecular weight excluding hydrogens is 202 g/mol. The minimum atomic E-state index is 0.583. The number of nitriles is 1. The van der Waals surface area contributed by atoms with E-state index in [0.29, 0.717) is 6.42 Å². The van der Waals surface area contributed by atoms with Crippen molar-refractivity contribution in [2.24, 2.45) is 0 Å². The molecule has 86 valence electrons. The summed E-state index contributed by atoms with van der Waals surface area (Å²) in [6.45, 7) is 5.76. The van der Waals surface area contributed by atoms with Crippen LogP contribution in [0.25, 0.3) is 0 Å². The van der Waals surface area contributed by atoms with E-state index in [0.717, 1.165) is 39.4 Å². The van der Waals surface area contributed by atoms with E-state index >= 15 is 0 Å². The molecule has 2 rings (SSSR count). The zero-order valence-corrected chi connectivity index (χ0v) is 9.48. The third-order valence-electron chi connectivity index (χ3n) is 3.02. The molecule has 0 aromatic carbocycles. The number of nitrogens with zero attached hydrogens (tertiary/aromatic N) is 2. The molecule has 4 heteroatoms. The van der Waals surface area contributed by atoms with Crippen LogP contribution in [0.2, 0.25) is 0 Å². The molecule has 16 heavy (non-hydrogen) atoms. The number of rotatable bonds is 4. The van der Waals surface area contributed by atoms with Crippen molar-refractivity contribution in [3.63, 3.8) is 0 Å². The molecule has 1 N–H and O–H groups in total. The number of nitrogens with one attached hydrogen (secondary N) is 1. The first-order valence-corrected chi connectivity index (χ1v) is 5.82. The number of morpholine rings is 1. The van der Waals surface area contributed by atoms with Gasteiger partial charge in [0.2, 0.25) is 0 Å². The largest absolute Gasteiger partial charge is 0.370 e. The van der Waals surface area contributed by atoms with Gasteiger partial charge >= 0.3 is 0 Å². The van der Waals surface area contributed by atoms with Gasteiger partial charge in [-0.1, -0.05) is 0 Å². The van der Waals surface area contributed by atoms with Crippen molar-refractivity contribution in [1.82, 2.24) is 4.57 Å². The van der Waals surface area contributed by atoms with E-state index in [4.69, 9.17) is 10.00 Å². The Balaban J connectivity index is 1.92. The van der Waals surface area contributed by atoms with Crippen molar-refractivity contribution < 1.29 is 9.64 Å². The lowest BCUT2D eigenvalue weighted by Crippen LogP contribution is -3.12. The predicted molar refractivity (Wildman–Crippen MR) is 59.9 cm³/mol. The second-order valence-corrected chi connectivity index (χ2v) is 4.14. The SMILES string of the molecule is N#CCCn1cccc1C[NH+]1CCOCC1. The quantitative estimate of drug-likeness (QED) is 0.764. The van der Waals surface area contributed by atoms with Crippen LogP contribution in [0.4, 0.5) is 0 Å². The Hall–Kier alpha value is -1.31. The van der Waals surface area contributed by atoms with E-state index in [1.807, 2.05) is 0 Å². The highest BCUT2D eigenvalue weighted by molar-refractivity contribution is 5.06. The second-order valence-electron chi connectivity index (χ2n) is 4.14. The van der Waals surface area contributed by atoms with E-state index in [2.05, 4.69) is 29.0 Å². The van der Waals surface area contributed by atoms with Crippen molar-refractivity contribution in [2.45, 2.75) is 19.5 Å². The summed E-state index contributed by atoms with van der Waals surface area (Å²) in [7, 11) is 0. The summed E-state index contributed by atoms with van der Waals surface area (Å²) in [5.41, 5.74) is 1.33. The lowest BCUT2D eigenvalue weighted by Gasteiger charge is -2.24. The van der Waals surface area contributed by atoms with Crippen LogP contribution in [0.15, 0.2) is 18.3 Å². The van der Waals surface area contributed by atoms with Crippen LogP contribution >= 0.6 is 0 Å². The van der Waals surface area contributed by atoms with Gasteiger partial charge in [-0.3, -0.25) is 0 Å². The highest BCUT2D eigenvalue weighted by Gasteiger charge is 2.15. The van der Waals surface area contributed by atoms with Gasteiger partial charge in [0.15, 0.2) is 0 Å². The number of quaternary nitrogens is 1. The maximum atomic E-state index is 8.59. The van der Waals surface area contributed by atoms with E-state index < -0.39 is 0 Å². The number of hydrogen-bond donors (Lipinski definition) is 1. The maximum absolute atomic E-state index is 8.59. The van der Waals surface area contributed by atoms with Gasteiger partial charge in [0.1, 0.15) is 19.6 Å². The van der Waals surface area contributed by atoms with Crippen LogP contribution in [0.3, 0.4) is 0 Å². The van der Waals surface area contributed by atoms with E-state index in [9.17, 15) is 0 Å². The summed E-state index contributed by atoms with van der Waals surface area (Å²) in [5, 5.41) is 8.59. The zero-order chi connectivity index (χ0) is 11.2. The number of ether oxygens (including phenoxy) is 1. The molecule has 0 saturated carbocycles. The molecule has 2 heterocycles. The van der Waals surface area contributed by atoms with Crippen LogP contribution < -0.4 is 4.90 Å². The lowest BCUT2D eigenvalue weighted by atomic mass is 10.3. The molecule has 0 amide bonds. The fourth-order valence-electron chi connectivity index (χ4n) is 2.09. The molecule has 1 fully saturated rings. The number of aryl methyl sites for hydroxylation is 1. The minimum absolute atomic E-state index is 0.583. The molecule has 1 aromatic rings. The van der Waals surface area contributed by atoms with Gasteiger partial charge in [-0.05, 0) is 12.1 Å². The van der Waals surface area contributed by atoms with Crippen LogP contribution in [-0.2, 0) is 17.8 Å². The molecule has 0 spiro atoms. The highest BCUT2D eigenvalue weighted by atomic mass is 16.5. The first-order valence-electron chi connectivity index (χ1n) is 5.82. The summed E-state index contributed by atoms with van der Waals surface area (Å²) in [6, 6.07) is 6.40. The standard InChI is InChI=1S/C12H17N3O/c13-4-2-6-15-5-1-3-12(15)11-14-7-9-16-10-8-14/h1,3,5H,2,6-11H2/p+1. The Kier molecular flexibility index (Phi) is 3.97. The molecule has 0 unspecified atom stereocenters. The van der Waals surface area contributed by atoms with E-state index in [1.165, 1.54) is 5.69 Å². The summed E-state index contributed by atoms with van der Waals surface area (Å²) in [5.74, 6) is 0. The zero-order valence-electron chi connectivity index (χ0n) is 9.48. The first kappa shape index (κ1) is 11.2.